The van der Waals surface area contributed by atoms with Gasteiger partial charge >= 0.3 is 0 Å². The lowest BCUT2D eigenvalue weighted by Gasteiger charge is -2.18. The summed E-state index contributed by atoms with van der Waals surface area (Å²) in [5, 5.41) is 0. The summed E-state index contributed by atoms with van der Waals surface area (Å²) in [5.41, 5.74) is 2.46. The zero-order valence-electron chi connectivity index (χ0n) is 11.9. The van der Waals surface area contributed by atoms with Crippen LogP contribution in [0.1, 0.15) is 36.3 Å². The fraction of sp³-hybridized carbons (Fsp3) is 0.294. The molecule has 21 heavy (non-hydrogen) atoms. The predicted molar refractivity (Wildman–Crippen MR) is 85.0 cm³/mol. The predicted octanol–water partition coefficient (Wildman–Crippen LogP) is 3.88. The Balaban J connectivity index is 2.07. The molecule has 0 aliphatic rings. The molecule has 0 fully saturated rings. The Hall–Kier alpha value is -1.65. The van der Waals surface area contributed by atoms with Crippen molar-refractivity contribution in [3.63, 3.8) is 0 Å². The standard InChI is InChI=1S/C17H20O3S/c18-21(19,20)14-8-7-13-17(15-9-3-1-4-10-15)16-11-5-2-6-12-16/h1-6,9-12,17H,7-8,13-14H2,(H,18,19,20). The summed E-state index contributed by atoms with van der Waals surface area (Å²) in [6.45, 7) is 0. The smallest absolute Gasteiger partial charge is 0.264 e. The summed E-state index contributed by atoms with van der Waals surface area (Å²) in [6.07, 6.45) is 2.10. The molecule has 2 aromatic rings. The maximum atomic E-state index is 10.8. The fourth-order valence-electron chi connectivity index (χ4n) is 2.53. The molecule has 2 rings (SSSR count). The molecule has 0 spiro atoms. The van der Waals surface area contributed by atoms with Crippen molar-refractivity contribution in [3.05, 3.63) is 71.8 Å². The third kappa shape index (κ3) is 5.33. The molecule has 1 N–H and O–H groups in total. The van der Waals surface area contributed by atoms with Gasteiger partial charge in [-0.25, -0.2) is 0 Å². The van der Waals surface area contributed by atoms with Crippen molar-refractivity contribution in [2.24, 2.45) is 0 Å². The molecule has 0 unspecified atom stereocenters. The molecular formula is C17H20O3S. The summed E-state index contributed by atoms with van der Waals surface area (Å²) in [5.74, 6) is 0.0948. The van der Waals surface area contributed by atoms with Crippen LogP contribution in [0.4, 0.5) is 0 Å². The van der Waals surface area contributed by atoms with Gasteiger partial charge in [0.05, 0.1) is 5.75 Å². The van der Waals surface area contributed by atoms with Crippen LogP contribution in [0.15, 0.2) is 60.7 Å². The highest BCUT2D eigenvalue weighted by Gasteiger charge is 2.14. The zero-order valence-corrected chi connectivity index (χ0v) is 12.7. The lowest BCUT2D eigenvalue weighted by molar-refractivity contribution is 0.479. The van der Waals surface area contributed by atoms with Crippen LogP contribution in [-0.4, -0.2) is 18.7 Å². The van der Waals surface area contributed by atoms with Crippen LogP contribution in [-0.2, 0) is 10.1 Å². The summed E-state index contributed by atoms with van der Waals surface area (Å²) in [4.78, 5) is 0. The minimum Gasteiger partial charge on any atom is -0.286 e. The second-order valence-corrected chi connectivity index (χ2v) is 6.73. The molecule has 2 aromatic carbocycles. The number of hydrogen-bond acceptors (Lipinski definition) is 2. The molecule has 0 saturated heterocycles. The highest BCUT2D eigenvalue weighted by molar-refractivity contribution is 7.85. The van der Waals surface area contributed by atoms with Gasteiger partial charge in [0.2, 0.25) is 0 Å². The van der Waals surface area contributed by atoms with E-state index in [-0.39, 0.29) is 11.7 Å². The molecule has 0 atom stereocenters. The third-order valence-electron chi connectivity index (χ3n) is 3.55. The van der Waals surface area contributed by atoms with E-state index in [1.54, 1.807) is 0 Å². The van der Waals surface area contributed by atoms with E-state index in [2.05, 4.69) is 24.3 Å². The highest BCUT2D eigenvalue weighted by atomic mass is 32.2. The average Bonchev–Trinajstić information content (AvgIpc) is 2.48. The number of hydrogen-bond donors (Lipinski definition) is 1. The Labute approximate surface area is 126 Å². The second kappa shape index (κ2) is 7.38. The molecule has 0 aliphatic heterocycles. The van der Waals surface area contributed by atoms with Crippen molar-refractivity contribution in [3.8, 4) is 0 Å². The van der Waals surface area contributed by atoms with Crippen LogP contribution in [0.25, 0.3) is 0 Å². The lowest BCUT2D eigenvalue weighted by atomic mass is 9.87. The van der Waals surface area contributed by atoms with E-state index in [1.165, 1.54) is 11.1 Å². The molecule has 0 bridgehead atoms. The summed E-state index contributed by atoms with van der Waals surface area (Å²) < 4.78 is 30.3. The van der Waals surface area contributed by atoms with Crippen LogP contribution in [0, 0.1) is 0 Å². The van der Waals surface area contributed by atoms with Crippen LogP contribution in [0.2, 0.25) is 0 Å². The molecule has 0 radical (unpaired) electrons. The third-order valence-corrected chi connectivity index (χ3v) is 4.35. The maximum Gasteiger partial charge on any atom is 0.264 e. The molecule has 0 amide bonds. The summed E-state index contributed by atoms with van der Waals surface area (Å²) in [7, 11) is -3.85. The fourth-order valence-corrected chi connectivity index (χ4v) is 3.10. The first-order valence-electron chi connectivity index (χ1n) is 7.11. The van der Waals surface area contributed by atoms with Crippen molar-refractivity contribution in [2.75, 3.05) is 5.75 Å². The molecule has 3 nitrogen and oxygen atoms in total. The SMILES string of the molecule is O=S(=O)(O)CCCCC(c1ccccc1)c1ccccc1. The van der Waals surface area contributed by atoms with E-state index in [0.29, 0.717) is 6.42 Å². The van der Waals surface area contributed by atoms with Crippen molar-refractivity contribution in [1.82, 2.24) is 0 Å². The molecule has 0 heterocycles. The molecule has 0 aliphatic carbocycles. The topological polar surface area (TPSA) is 54.4 Å². The van der Waals surface area contributed by atoms with Gasteiger partial charge in [0.25, 0.3) is 10.1 Å². The van der Waals surface area contributed by atoms with E-state index < -0.39 is 10.1 Å². The van der Waals surface area contributed by atoms with Gasteiger partial charge in [-0.05, 0) is 24.0 Å². The summed E-state index contributed by atoms with van der Waals surface area (Å²) in [6, 6.07) is 20.4. The first-order valence-corrected chi connectivity index (χ1v) is 8.72. The normalized spacial score (nSPS) is 11.7. The quantitative estimate of drug-likeness (QED) is 0.624. The van der Waals surface area contributed by atoms with Gasteiger partial charge in [-0.1, -0.05) is 67.1 Å². The van der Waals surface area contributed by atoms with E-state index in [0.717, 1.165) is 12.8 Å². The largest absolute Gasteiger partial charge is 0.286 e. The minimum absolute atomic E-state index is 0.163. The molecule has 0 aromatic heterocycles. The first-order chi connectivity index (χ1) is 10.1. The molecule has 4 heteroatoms. The van der Waals surface area contributed by atoms with Crippen molar-refractivity contribution >= 4 is 10.1 Å². The van der Waals surface area contributed by atoms with Crippen molar-refractivity contribution in [1.29, 1.82) is 0 Å². The van der Waals surface area contributed by atoms with Gasteiger partial charge in [0.1, 0.15) is 0 Å². The zero-order chi connectivity index (χ0) is 15.1. The van der Waals surface area contributed by atoms with Crippen LogP contribution in [0.3, 0.4) is 0 Å². The van der Waals surface area contributed by atoms with Crippen LogP contribution >= 0.6 is 0 Å². The lowest BCUT2D eigenvalue weighted by Crippen LogP contribution is -2.06. The van der Waals surface area contributed by atoms with Gasteiger partial charge < -0.3 is 0 Å². The molecular weight excluding hydrogens is 284 g/mol. The number of rotatable bonds is 7. The Morgan fingerprint density at radius 3 is 1.71 bits per heavy atom. The average molecular weight is 304 g/mol. The van der Waals surface area contributed by atoms with Gasteiger partial charge in [0, 0.05) is 5.92 Å². The number of unbranched alkanes of at least 4 members (excludes halogenated alkanes) is 1. The van der Waals surface area contributed by atoms with Gasteiger partial charge in [-0.2, -0.15) is 8.42 Å². The minimum atomic E-state index is -3.85. The van der Waals surface area contributed by atoms with Crippen molar-refractivity contribution in [2.45, 2.75) is 25.2 Å². The van der Waals surface area contributed by atoms with Crippen molar-refractivity contribution < 1.29 is 13.0 Å². The Bertz CT molecular complexity index is 597. The second-order valence-electron chi connectivity index (χ2n) is 5.16. The van der Waals surface area contributed by atoms with E-state index >= 15 is 0 Å². The van der Waals surface area contributed by atoms with Crippen LogP contribution < -0.4 is 0 Å². The molecule has 112 valence electrons. The maximum absolute atomic E-state index is 10.8. The Kier molecular flexibility index (Phi) is 5.53. The van der Waals surface area contributed by atoms with E-state index in [9.17, 15) is 8.42 Å². The monoisotopic (exact) mass is 304 g/mol. The Morgan fingerprint density at radius 1 is 0.810 bits per heavy atom. The Morgan fingerprint density at radius 2 is 1.29 bits per heavy atom. The van der Waals surface area contributed by atoms with E-state index in [1.807, 2.05) is 36.4 Å². The van der Waals surface area contributed by atoms with Gasteiger partial charge in [0.15, 0.2) is 0 Å². The highest BCUT2D eigenvalue weighted by Crippen LogP contribution is 2.29. The van der Waals surface area contributed by atoms with Gasteiger partial charge in [-0.3, -0.25) is 4.55 Å². The first kappa shape index (κ1) is 15.7. The van der Waals surface area contributed by atoms with E-state index in [4.69, 9.17) is 4.55 Å². The van der Waals surface area contributed by atoms with Gasteiger partial charge in [-0.15, -0.1) is 0 Å². The van der Waals surface area contributed by atoms with Crippen LogP contribution in [0.5, 0.6) is 0 Å². The summed E-state index contributed by atoms with van der Waals surface area (Å²) >= 11 is 0. The number of benzene rings is 2. The molecule has 0 saturated carbocycles.